The molecule has 1 aliphatic rings. The van der Waals surface area contributed by atoms with Gasteiger partial charge in [-0.25, -0.2) is 13.8 Å². The molecule has 3 aromatic carbocycles. The van der Waals surface area contributed by atoms with Crippen LogP contribution in [0.15, 0.2) is 88.9 Å². The molecule has 0 aliphatic heterocycles. The van der Waals surface area contributed by atoms with Crippen LogP contribution in [0.4, 0.5) is 5.69 Å². The van der Waals surface area contributed by atoms with Gasteiger partial charge < -0.3 is 4.74 Å². The van der Waals surface area contributed by atoms with Crippen LogP contribution in [0.25, 0.3) is 0 Å². The van der Waals surface area contributed by atoms with Crippen molar-refractivity contribution in [2.45, 2.75) is 56.4 Å². The number of carbonyl (C=O) groups is 1. The molecule has 0 unspecified atom stereocenters. The van der Waals surface area contributed by atoms with E-state index in [0.717, 1.165) is 37.0 Å². The number of anilines is 1. The zero-order valence-electron chi connectivity index (χ0n) is 21.1. The molecule has 0 spiro atoms. The molecule has 3 aromatic rings. The van der Waals surface area contributed by atoms with Gasteiger partial charge in [0.25, 0.3) is 15.9 Å². The number of sulfonamides is 1. The SMILES string of the molecule is COc1ccc(S(=O)(=O)N(Cc2ccccc2)c2ccccc2C(=O)NN=C2CCCCCCC2)cc1. The van der Waals surface area contributed by atoms with Gasteiger partial charge in [-0.3, -0.25) is 9.10 Å². The molecule has 1 N–H and O–H groups in total. The Balaban J connectivity index is 1.69. The summed E-state index contributed by atoms with van der Waals surface area (Å²) in [5.74, 6) is 0.120. The maximum atomic E-state index is 13.9. The van der Waals surface area contributed by atoms with Crippen molar-refractivity contribution in [3.05, 3.63) is 90.0 Å². The van der Waals surface area contributed by atoms with Crippen molar-refractivity contribution in [3.63, 3.8) is 0 Å². The van der Waals surface area contributed by atoms with Crippen molar-refractivity contribution >= 4 is 27.3 Å². The molecule has 8 heteroatoms. The maximum absolute atomic E-state index is 13.9. The van der Waals surface area contributed by atoms with E-state index in [4.69, 9.17) is 4.74 Å². The fourth-order valence-corrected chi connectivity index (χ4v) is 5.89. The molecule has 1 amide bonds. The molecule has 0 aromatic heterocycles. The number of ether oxygens (including phenoxy) is 1. The summed E-state index contributed by atoms with van der Waals surface area (Å²) in [6.07, 6.45) is 7.46. The van der Waals surface area contributed by atoms with Crippen molar-refractivity contribution < 1.29 is 17.9 Å². The number of hydrazone groups is 1. The van der Waals surface area contributed by atoms with E-state index in [1.54, 1.807) is 36.4 Å². The number of carbonyl (C=O) groups excluding carboxylic acids is 1. The standard InChI is InChI=1S/C29H33N3O4S/c1-36-25-18-20-26(21-19-25)37(34,35)32(22-23-12-6-5-7-13-23)28-17-11-10-16-27(28)29(33)31-30-24-14-8-3-2-4-9-15-24/h5-7,10-13,16-21H,2-4,8-9,14-15,22H2,1H3,(H,31,33). The van der Waals surface area contributed by atoms with Gasteiger partial charge >= 0.3 is 0 Å². The number of rotatable bonds is 8. The summed E-state index contributed by atoms with van der Waals surface area (Å²) in [5.41, 5.74) is 5.00. The van der Waals surface area contributed by atoms with Crippen LogP contribution in [0.3, 0.4) is 0 Å². The lowest BCUT2D eigenvalue weighted by atomic mass is 9.99. The quantitative estimate of drug-likeness (QED) is 0.374. The molecule has 0 atom stereocenters. The molecule has 4 rings (SSSR count). The number of amides is 1. The van der Waals surface area contributed by atoms with Gasteiger partial charge in [-0.15, -0.1) is 0 Å². The van der Waals surface area contributed by atoms with Crippen molar-refractivity contribution in [1.29, 1.82) is 0 Å². The summed E-state index contributed by atoms with van der Waals surface area (Å²) in [5, 5.41) is 4.42. The van der Waals surface area contributed by atoms with Crippen LogP contribution in [0, 0.1) is 0 Å². The molecule has 0 radical (unpaired) electrons. The molecule has 0 bridgehead atoms. The lowest BCUT2D eigenvalue weighted by Gasteiger charge is -2.26. The lowest BCUT2D eigenvalue weighted by Crippen LogP contribution is -2.33. The van der Waals surface area contributed by atoms with Crippen LogP contribution in [0.1, 0.15) is 60.9 Å². The minimum absolute atomic E-state index is 0.0635. The zero-order valence-corrected chi connectivity index (χ0v) is 21.9. The highest BCUT2D eigenvalue weighted by Crippen LogP contribution is 2.30. The van der Waals surface area contributed by atoms with Gasteiger partial charge in [0.1, 0.15) is 5.75 Å². The topological polar surface area (TPSA) is 88.1 Å². The number of hydrogen-bond donors (Lipinski definition) is 1. The summed E-state index contributed by atoms with van der Waals surface area (Å²) < 4.78 is 34.3. The minimum atomic E-state index is -4.02. The average molecular weight is 520 g/mol. The number of para-hydroxylation sites is 1. The molecule has 0 saturated heterocycles. The molecule has 7 nitrogen and oxygen atoms in total. The molecule has 1 fully saturated rings. The van der Waals surface area contributed by atoms with Crippen LogP contribution in [-0.4, -0.2) is 27.1 Å². The Labute approximate surface area is 219 Å². The van der Waals surface area contributed by atoms with Crippen molar-refractivity contribution in [1.82, 2.24) is 5.43 Å². The molecular weight excluding hydrogens is 486 g/mol. The number of methoxy groups -OCH3 is 1. The fraction of sp³-hybridized carbons (Fsp3) is 0.310. The first-order valence-corrected chi connectivity index (χ1v) is 14.1. The summed E-state index contributed by atoms with van der Waals surface area (Å²) in [4.78, 5) is 13.4. The molecular formula is C29H33N3O4S. The first kappa shape index (κ1) is 26.4. The van der Waals surface area contributed by atoms with Gasteiger partial charge in [-0.05, 0) is 67.6 Å². The lowest BCUT2D eigenvalue weighted by molar-refractivity contribution is 0.0955. The monoisotopic (exact) mass is 519 g/mol. The molecule has 1 saturated carbocycles. The third-order valence-corrected chi connectivity index (χ3v) is 8.25. The highest BCUT2D eigenvalue weighted by atomic mass is 32.2. The Morgan fingerprint density at radius 1 is 0.865 bits per heavy atom. The number of nitrogens with zero attached hydrogens (tertiary/aromatic N) is 2. The Kier molecular flexibility index (Phi) is 8.95. The largest absolute Gasteiger partial charge is 0.497 e. The summed E-state index contributed by atoms with van der Waals surface area (Å²) in [6, 6.07) is 22.3. The van der Waals surface area contributed by atoms with Crippen molar-refractivity contribution in [3.8, 4) is 5.75 Å². The normalized spacial score (nSPS) is 14.2. The van der Waals surface area contributed by atoms with Gasteiger partial charge in [-0.1, -0.05) is 61.7 Å². The second kappa shape index (κ2) is 12.5. The van der Waals surface area contributed by atoms with E-state index in [-0.39, 0.29) is 22.7 Å². The van der Waals surface area contributed by atoms with Crippen molar-refractivity contribution in [2.75, 3.05) is 11.4 Å². The van der Waals surface area contributed by atoms with Gasteiger partial charge in [0, 0.05) is 5.71 Å². The maximum Gasteiger partial charge on any atom is 0.273 e. The van der Waals surface area contributed by atoms with E-state index in [9.17, 15) is 13.2 Å². The molecule has 0 heterocycles. The molecule has 37 heavy (non-hydrogen) atoms. The Morgan fingerprint density at radius 3 is 2.16 bits per heavy atom. The van der Waals surface area contributed by atoms with Gasteiger partial charge in [-0.2, -0.15) is 5.10 Å². The highest BCUT2D eigenvalue weighted by Gasteiger charge is 2.28. The van der Waals surface area contributed by atoms with Gasteiger partial charge in [0.05, 0.1) is 29.8 Å². The van der Waals surface area contributed by atoms with E-state index in [1.807, 2.05) is 30.3 Å². The highest BCUT2D eigenvalue weighted by molar-refractivity contribution is 7.92. The molecule has 1 aliphatic carbocycles. The number of benzene rings is 3. The number of hydrogen-bond acceptors (Lipinski definition) is 5. The van der Waals surface area contributed by atoms with E-state index < -0.39 is 15.9 Å². The van der Waals surface area contributed by atoms with Crippen LogP contribution < -0.4 is 14.5 Å². The second-order valence-electron chi connectivity index (χ2n) is 9.08. The summed E-state index contributed by atoms with van der Waals surface area (Å²) in [7, 11) is -2.49. The van der Waals surface area contributed by atoms with Gasteiger partial charge in [0.15, 0.2) is 0 Å². The third kappa shape index (κ3) is 6.77. The Hall–Kier alpha value is -3.65. The van der Waals surface area contributed by atoms with Gasteiger partial charge in [0.2, 0.25) is 0 Å². The van der Waals surface area contributed by atoms with Crippen LogP contribution in [0.5, 0.6) is 5.75 Å². The van der Waals surface area contributed by atoms with E-state index >= 15 is 0 Å². The van der Waals surface area contributed by atoms with Crippen LogP contribution in [-0.2, 0) is 16.6 Å². The first-order chi connectivity index (χ1) is 18.0. The van der Waals surface area contributed by atoms with E-state index in [2.05, 4.69) is 10.5 Å². The Bertz CT molecular complexity index is 1310. The summed E-state index contributed by atoms with van der Waals surface area (Å²) in [6.45, 7) is 0.0635. The first-order valence-electron chi connectivity index (χ1n) is 12.6. The third-order valence-electron chi connectivity index (χ3n) is 6.48. The number of nitrogens with one attached hydrogen (secondary N) is 1. The zero-order chi connectivity index (χ0) is 26.1. The van der Waals surface area contributed by atoms with E-state index in [1.165, 1.54) is 42.8 Å². The second-order valence-corrected chi connectivity index (χ2v) is 10.9. The predicted octanol–water partition coefficient (Wildman–Crippen LogP) is 5.92. The van der Waals surface area contributed by atoms with Crippen LogP contribution >= 0.6 is 0 Å². The molecule has 194 valence electrons. The van der Waals surface area contributed by atoms with Crippen molar-refractivity contribution in [2.24, 2.45) is 5.10 Å². The fourth-order valence-electron chi connectivity index (χ4n) is 4.42. The van der Waals surface area contributed by atoms with E-state index in [0.29, 0.717) is 5.75 Å². The average Bonchev–Trinajstić information content (AvgIpc) is 2.91. The van der Waals surface area contributed by atoms with Crippen LogP contribution in [0.2, 0.25) is 0 Å². The Morgan fingerprint density at radius 2 is 1.49 bits per heavy atom. The summed E-state index contributed by atoms with van der Waals surface area (Å²) >= 11 is 0. The predicted molar refractivity (Wildman–Crippen MR) is 146 cm³/mol. The smallest absolute Gasteiger partial charge is 0.273 e. The minimum Gasteiger partial charge on any atom is -0.497 e.